The van der Waals surface area contributed by atoms with Crippen LogP contribution in [0.4, 0.5) is 0 Å². The Hall–Kier alpha value is -2.49. The van der Waals surface area contributed by atoms with Crippen LogP contribution in [0.3, 0.4) is 0 Å². The van der Waals surface area contributed by atoms with Gasteiger partial charge in [-0.15, -0.1) is 0 Å². The van der Waals surface area contributed by atoms with Crippen molar-refractivity contribution in [2.75, 3.05) is 0 Å². The second-order valence-electron chi connectivity index (χ2n) is 5.78. The van der Waals surface area contributed by atoms with E-state index < -0.39 is 0 Å². The van der Waals surface area contributed by atoms with Crippen molar-refractivity contribution in [2.24, 2.45) is 16.1 Å². The van der Waals surface area contributed by atoms with Gasteiger partial charge >= 0.3 is 5.97 Å². The zero-order chi connectivity index (χ0) is 14.9. The first-order valence-corrected chi connectivity index (χ1v) is 7.69. The molecule has 0 amide bonds. The summed E-state index contributed by atoms with van der Waals surface area (Å²) in [5.74, 6) is -0.198. The third-order valence-electron chi connectivity index (χ3n) is 4.36. The molecular weight excluding hydrogens is 276 g/mol. The summed E-state index contributed by atoms with van der Waals surface area (Å²) in [4.78, 5) is 21.8. The molecule has 0 saturated heterocycles. The molecule has 0 N–H and O–H groups in total. The van der Waals surface area contributed by atoms with Crippen molar-refractivity contribution < 1.29 is 9.63 Å². The van der Waals surface area contributed by atoms with Gasteiger partial charge in [-0.25, -0.2) is 9.79 Å². The summed E-state index contributed by atoms with van der Waals surface area (Å²) in [5, 5.41) is 6.08. The van der Waals surface area contributed by atoms with Gasteiger partial charge in [-0.1, -0.05) is 42.3 Å². The van der Waals surface area contributed by atoms with Crippen LogP contribution in [0.1, 0.15) is 25.7 Å². The normalized spacial score (nSPS) is 21.4. The van der Waals surface area contributed by atoms with Crippen molar-refractivity contribution in [3.63, 3.8) is 0 Å². The van der Waals surface area contributed by atoms with Gasteiger partial charge in [0.1, 0.15) is 5.71 Å². The molecule has 1 saturated carbocycles. The van der Waals surface area contributed by atoms with Gasteiger partial charge < -0.3 is 4.84 Å². The molecule has 1 aromatic rings. The Morgan fingerprint density at radius 1 is 1.23 bits per heavy atom. The first kappa shape index (κ1) is 13.2. The standard InChI is InChI=1S/C18H16N2O2/c21-18(12-6-1-2-7-12)22-20-16-11-5-10-15-17(16)13-8-3-4-9-14(13)19-15/h3-5,8-12H,1-2,6-7H2. The van der Waals surface area contributed by atoms with Crippen molar-refractivity contribution in [3.8, 4) is 0 Å². The number of hydrogen-bond donors (Lipinski definition) is 0. The van der Waals surface area contributed by atoms with Crippen LogP contribution in [0.25, 0.3) is 5.57 Å². The van der Waals surface area contributed by atoms with E-state index in [1.165, 1.54) is 0 Å². The first-order chi connectivity index (χ1) is 10.8. The number of carbonyl (C=O) groups is 1. The first-order valence-electron chi connectivity index (χ1n) is 7.69. The molecule has 1 heterocycles. The number of hydrogen-bond acceptors (Lipinski definition) is 4. The number of carbonyl (C=O) groups excluding carboxylic acids is 1. The zero-order valence-corrected chi connectivity index (χ0v) is 12.2. The van der Waals surface area contributed by atoms with E-state index in [0.29, 0.717) is 5.71 Å². The van der Waals surface area contributed by atoms with E-state index >= 15 is 0 Å². The predicted molar refractivity (Wildman–Crippen MR) is 83.3 cm³/mol. The minimum Gasteiger partial charge on any atom is -0.317 e. The van der Waals surface area contributed by atoms with Crippen LogP contribution >= 0.6 is 0 Å². The number of allylic oxidation sites excluding steroid dienone is 4. The van der Waals surface area contributed by atoms with E-state index in [4.69, 9.17) is 4.84 Å². The number of rotatable bonds is 2. The van der Waals surface area contributed by atoms with Crippen LogP contribution in [-0.4, -0.2) is 11.7 Å². The smallest absolute Gasteiger partial charge is 0.317 e. The molecule has 0 spiro atoms. The molecule has 1 aromatic carbocycles. The quantitative estimate of drug-likeness (QED) is 0.618. The van der Waals surface area contributed by atoms with Crippen LogP contribution in [0.5, 0.6) is 0 Å². The Kier molecular flexibility index (Phi) is 3.22. The molecule has 1 aliphatic heterocycles. The van der Waals surface area contributed by atoms with Gasteiger partial charge in [0.15, 0.2) is 0 Å². The maximum absolute atomic E-state index is 12.0. The fourth-order valence-corrected chi connectivity index (χ4v) is 3.22. The molecule has 0 aromatic heterocycles. The summed E-state index contributed by atoms with van der Waals surface area (Å²) in [6.07, 6.45) is 9.74. The Morgan fingerprint density at radius 3 is 2.91 bits per heavy atom. The molecule has 4 nitrogen and oxygen atoms in total. The largest absolute Gasteiger partial charge is 0.338 e. The van der Waals surface area contributed by atoms with Gasteiger partial charge in [0.25, 0.3) is 0 Å². The predicted octanol–water partition coefficient (Wildman–Crippen LogP) is 2.01. The Morgan fingerprint density at radius 2 is 2.05 bits per heavy atom. The minimum atomic E-state index is -0.210. The number of nitrogens with zero attached hydrogens (tertiary/aromatic N) is 2. The number of oxime groups is 1. The van der Waals surface area contributed by atoms with Crippen molar-refractivity contribution in [1.29, 1.82) is 0 Å². The monoisotopic (exact) mass is 292 g/mol. The summed E-state index contributed by atoms with van der Waals surface area (Å²) in [5.41, 5.74) is 2.48. The van der Waals surface area contributed by atoms with E-state index in [1.807, 2.05) is 42.5 Å². The second-order valence-corrected chi connectivity index (χ2v) is 5.78. The van der Waals surface area contributed by atoms with Crippen molar-refractivity contribution in [3.05, 3.63) is 58.8 Å². The molecular formula is C18H16N2O2. The Labute approximate surface area is 128 Å². The average Bonchev–Trinajstić information content (AvgIpc) is 3.19. The van der Waals surface area contributed by atoms with Crippen molar-refractivity contribution in [2.45, 2.75) is 25.7 Å². The van der Waals surface area contributed by atoms with Crippen LogP contribution in [-0.2, 0) is 9.63 Å². The lowest BCUT2D eigenvalue weighted by Crippen LogP contribution is -2.24. The fourth-order valence-electron chi connectivity index (χ4n) is 3.22. The number of benzene rings is 1. The van der Waals surface area contributed by atoms with Crippen LogP contribution in [0.15, 0.2) is 58.3 Å². The fraction of sp³-hybridized carbons (Fsp3) is 0.278. The van der Waals surface area contributed by atoms with Gasteiger partial charge in [-0.05, 0) is 31.1 Å². The lowest BCUT2D eigenvalue weighted by atomic mass is 10.0. The van der Waals surface area contributed by atoms with Crippen LogP contribution in [0, 0.1) is 5.92 Å². The van der Waals surface area contributed by atoms with Gasteiger partial charge in [-0.3, -0.25) is 0 Å². The minimum absolute atomic E-state index is 0.0116. The molecule has 22 heavy (non-hydrogen) atoms. The highest BCUT2D eigenvalue weighted by molar-refractivity contribution is 6.30. The van der Waals surface area contributed by atoms with Crippen molar-refractivity contribution >= 4 is 17.3 Å². The second kappa shape index (κ2) is 5.37. The summed E-state index contributed by atoms with van der Waals surface area (Å²) < 4.78 is 0. The highest BCUT2D eigenvalue weighted by Gasteiger charge is 2.25. The maximum atomic E-state index is 12.0. The molecule has 3 aliphatic rings. The molecule has 0 radical (unpaired) electrons. The highest BCUT2D eigenvalue weighted by atomic mass is 16.7. The summed E-state index contributed by atoms with van der Waals surface area (Å²) >= 11 is 0. The molecule has 110 valence electrons. The van der Waals surface area contributed by atoms with E-state index in [9.17, 15) is 4.79 Å². The SMILES string of the molecule is O=C(ON=C1C=CC=C2N=c3ccccc3=C21)C1CCCC1. The molecule has 4 heteroatoms. The van der Waals surface area contributed by atoms with Crippen molar-refractivity contribution in [1.82, 2.24) is 0 Å². The van der Waals surface area contributed by atoms with E-state index in [0.717, 1.165) is 47.5 Å². The summed E-state index contributed by atoms with van der Waals surface area (Å²) in [6, 6.07) is 7.93. The molecule has 0 atom stereocenters. The van der Waals surface area contributed by atoms with Crippen LogP contribution < -0.4 is 10.6 Å². The van der Waals surface area contributed by atoms with E-state index in [2.05, 4.69) is 10.1 Å². The third-order valence-corrected chi connectivity index (χ3v) is 4.36. The van der Waals surface area contributed by atoms with E-state index in [1.54, 1.807) is 0 Å². The van der Waals surface area contributed by atoms with Gasteiger partial charge in [0.05, 0.1) is 17.0 Å². The summed E-state index contributed by atoms with van der Waals surface area (Å²) in [6.45, 7) is 0. The molecule has 0 bridgehead atoms. The molecule has 1 fully saturated rings. The van der Waals surface area contributed by atoms with Gasteiger partial charge in [0.2, 0.25) is 0 Å². The highest BCUT2D eigenvalue weighted by Crippen LogP contribution is 2.26. The van der Waals surface area contributed by atoms with Crippen LogP contribution in [0.2, 0.25) is 0 Å². The number of para-hydroxylation sites is 1. The lowest BCUT2D eigenvalue weighted by molar-refractivity contribution is -0.148. The Balaban J connectivity index is 1.67. The van der Waals surface area contributed by atoms with E-state index in [-0.39, 0.29) is 11.9 Å². The van der Waals surface area contributed by atoms with Gasteiger partial charge in [-0.2, -0.15) is 0 Å². The molecule has 4 rings (SSSR count). The zero-order valence-electron chi connectivity index (χ0n) is 12.2. The van der Waals surface area contributed by atoms with Gasteiger partial charge in [0, 0.05) is 10.8 Å². The molecule has 2 aliphatic carbocycles. The lowest BCUT2D eigenvalue weighted by Gasteiger charge is -2.09. The maximum Gasteiger partial charge on any atom is 0.338 e. The average molecular weight is 292 g/mol. The topological polar surface area (TPSA) is 51.0 Å². The third kappa shape index (κ3) is 2.21. The summed E-state index contributed by atoms with van der Waals surface area (Å²) in [7, 11) is 0. The molecule has 0 unspecified atom stereocenters. The number of fused-ring (bicyclic) bond motifs is 2. The Bertz CT molecular complexity index is 840.